The van der Waals surface area contributed by atoms with E-state index < -0.39 is 27.2 Å². The van der Waals surface area contributed by atoms with Crippen LogP contribution in [-0.4, -0.2) is 45.1 Å². The zero-order valence-corrected chi connectivity index (χ0v) is 12.5. The summed E-state index contributed by atoms with van der Waals surface area (Å²) in [5, 5.41) is 0. The minimum absolute atomic E-state index is 0.220. The second-order valence-corrected chi connectivity index (χ2v) is 6.71. The van der Waals surface area contributed by atoms with E-state index in [4.69, 9.17) is 5.73 Å². The van der Waals surface area contributed by atoms with Crippen molar-refractivity contribution in [2.75, 3.05) is 25.9 Å². The molecule has 0 atom stereocenters. The number of benzene rings is 1. The van der Waals surface area contributed by atoms with Gasteiger partial charge in [0.15, 0.2) is 21.5 Å². The lowest BCUT2D eigenvalue weighted by atomic mass is 10.3. The Morgan fingerprint density at radius 2 is 1.95 bits per heavy atom. The van der Waals surface area contributed by atoms with Crippen LogP contribution in [0.3, 0.4) is 0 Å². The number of sulfone groups is 1. The fourth-order valence-electron chi connectivity index (χ4n) is 1.65. The average molecular weight is 320 g/mol. The van der Waals surface area contributed by atoms with Gasteiger partial charge in [0, 0.05) is 20.0 Å². The molecule has 0 saturated heterocycles. The van der Waals surface area contributed by atoms with Crippen LogP contribution in [0.1, 0.15) is 12.8 Å². The largest absolute Gasteiger partial charge is 0.346 e. The molecule has 1 aromatic rings. The van der Waals surface area contributed by atoms with E-state index in [2.05, 4.69) is 0 Å². The summed E-state index contributed by atoms with van der Waals surface area (Å²) in [6.45, 7) is 0.880. The van der Waals surface area contributed by atoms with Crippen LogP contribution in [0.2, 0.25) is 0 Å². The second-order valence-electron chi connectivity index (χ2n) is 4.60. The summed E-state index contributed by atoms with van der Waals surface area (Å²) in [5.41, 5.74) is 5.32. The van der Waals surface area contributed by atoms with E-state index in [1.807, 2.05) is 0 Å². The summed E-state index contributed by atoms with van der Waals surface area (Å²) >= 11 is 0. The summed E-state index contributed by atoms with van der Waals surface area (Å²) in [4.78, 5) is 12.8. The number of hydrogen-bond donors (Lipinski definition) is 1. The van der Waals surface area contributed by atoms with Crippen LogP contribution in [0.15, 0.2) is 23.1 Å². The summed E-state index contributed by atoms with van der Waals surface area (Å²) in [6.07, 6.45) is 0.403. The molecule has 0 saturated carbocycles. The molecule has 5 nitrogen and oxygen atoms in total. The van der Waals surface area contributed by atoms with Gasteiger partial charge in [0.05, 0.1) is 10.6 Å². The van der Waals surface area contributed by atoms with Gasteiger partial charge < -0.3 is 10.6 Å². The zero-order chi connectivity index (χ0) is 16.0. The van der Waals surface area contributed by atoms with Gasteiger partial charge in [-0.15, -0.1) is 0 Å². The van der Waals surface area contributed by atoms with Gasteiger partial charge in [-0.1, -0.05) is 0 Å². The van der Waals surface area contributed by atoms with Gasteiger partial charge in [-0.25, -0.2) is 17.2 Å². The Labute approximate surface area is 122 Å². The van der Waals surface area contributed by atoms with Gasteiger partial charge >= 0.3 is 0 Å². The van der Waals surface area contributed by atoms with Gasteiger partial charge in [0.25, 0.3) is 0 Å². The molecule has 0 aliphatic rings. The molecule has 2 N–H and O–H groups in total. The smallest absolute Gasteiger partial charge is 0.223 e. The minimum Gasteiger partial charge on any atom is -0.346 e. The monoisotopic (exact) mass is 320 g/mol. The lowest BCUT2D eigenvalue weighted by molar-refractivity contribution is -0.129. The van der Waals surface area contributed by atoms with Crippen LogP contribution in [-0.2, 0) is 14.6 Å². The molecule has 1 aromatic carbocycles. The van der Waals surface area contributed by atoms with Crippen molar-refractivity contribution in [3.05, 3.63) is 29.8 Å². The Balaban J connectivity index is 2.68. The van der Waals surface area contributed by atoms with Gasteiger partial charge in [-0.2, -0.15) is 0 Å². The number of nitrogens with two attached hydrogens (primary N) is 1. The molecule has 0 aromatic heterocycles. The zero-order valence-electron chi connectivity index (χ0n) is 11.7. The fraction of sp³-hybridized carbons (Fsp3) is 0.462. The SMILES string of the molecule is CN(CCCN)C(=O)CCS(=O)(=O)c1ccc(F)c(F)c1. The average Bonchev–Trinajstić information content (AvgIpc) is 2.44. The molecule has 0 spiro atoms. The number of nitrogens with zero attached hydrogens (tertiary/aromatic N) is 1. The lowest BCUT2D eigenvalue weighted by Crippen LogP contribution is -2.30. The highest BCUT2D eigenvalue weighted by Crippen LogP contribution is 2.16. The molecule has 0 unspecified atom stereocenters. The van der Waals surface area contributed by atoms with E-state index in [0.717, 1.165) is 12.1 Å². The van der Waals surface area contributed by atoms with Crippen molar-refractivity contribution in [1.29, 1.82) is 0 Å². The van der Waals surface area contributed by atoms with Crippen molar-refractivity contribution in [2.45, 2.75) is 17.7 Å². The number of rotatable bonds is 7. The summed E-state index contributed by atoms with van der Waals surface area (Å²) in [5.74, 6) is -3.15. The van der Waals surface area contributed by atoms with E-state index in [0.29, 0.717) is 25.6 Å². The molecular weight excluding hydrogens is 302 g/mol. The van der Waals surface area contributed by atoms with Gasteiger partial charge in [-0.3, -0.25) is 4.79 Å². The van der Waals surface area contributed by atoms with E-state index in [1.54, 1.807) is 7.05 Å². The van der Waals surface area contributed by atoms with Gasteiger partial charge in [0.2, 0.25) is 5.91 Å². The summed E-state index contributed by atoms with van der Waals surface area (Å²) in [6, 6.07) is 2.35. The third kappa shape index (κ3) is 5.05. The predicted octanol–water partition coefficient (Wildman–Crippen LogP) is 0.936. The minimum atomic E-state index is -3.83. The normalized spacial score (nSPS) is 11.4. The number of carbonyl (C=O) groups is 1. The summed E-state index contributed by atoms with van der Waals surface area (Å²) < 4.78 is 49.7. The highest BCUT2D eigenvalue weighted by atomic mass is 32.2. The Morgan fingerprint density at radius 3 is 2.52 bits per heavy atom. The van der Waals surface area contributed by atoms with Gasteiger partial charge in [0.1, 0.15) is 0 Å². The first-order valence-corrected chi connectivity index (χ1v) is 8.05. The number of halogens is 2. The Bertz CT molecular complexity index is 605. The molecule has 0 aliphatic heterocycles. The molecule has 0 fully saturated rings. The molecule has 0 aliphatic carbocycles. The fourth-order valence-corrected chi connectivity index (χ4v) is 2.89. The Kier molecular flexibility index (Phi) is 6.22. The molecule has 0 bridgehead atoms. The van der Waals surface area contributed by atoms with Crippen molar-refractivity contribution in [1.82, 2.24) is 4.90 Å². The number of hydrogen-bond acceptors (Lipinski definition) is 4. The van der Waals surface area contributed by atoms with Crippen LogP contribution >= 0.6 is 0 Å². The first-order valence-electron chi connectivity index (χ1n) is 6.40. The molecule has 21 heavy (non-hydrogen) atoms. The Morgan fingerprint density at radius 1 is 1.29 bits per heavy atom. The summed E-state index contributed by atoms with van der Waals surface area (Å²) in [7, 11) is -2.27. The maximum Gasteiger partial charge on any atom is 0.223 e. The van der Waals surface area contributed by atoms with E-state index in [-0.39, 0.29) is 17.2 Å². The van der Waals surface area contributed by atoms with Crippen LogP contribution in [0.25, 0.3) is 0 Å². The van der Waals surface area contributed by atoms with E-state index >= 15 is 0 Å². The quantitative estimate of drug-likeness (QED) is 0.758. The number of amides is 1. The lowest BCUT2D eigenvalue weighted by Gasteiger charge is -2.16. The van der Waals surface area contributed by atoms with Crippen LogP contribution in [0, 0.1) is 11.6 Å². The molecule has 118 valence electrons. The molecule has 0 heterocycles. The predicted molar refractivity (Wildman–Crippen MR) is 74.3 cm³/mol. The molecule has 8 heteroatoms. The van der Waals surface area contributed by atoms with E-state index in [1.165, 1.54) is 4.90 Å². The van der Waals surface area contributed by atoms with Crippen LogP contribution < -0.4 is 5.73 Å². The first-order chi connectivity index (χ1) is 9.77. The molecule has 1 amide bonds. The maximum absolute atomic E-state index is 13.0. The second kappa shape index (κ2) is 7.46. The van der Waals surface area contributed by atoms with Crippen molar-refractivity contribution >= 4 is 15.7 Å². The molecular formula is C13H18F2N2O3S. The van der Waals surface area contributed by atoms with Crippen molar-refractivity contribution < 1.29 is 22.0 Å². The molecule has 1 rings (SSSR count). The number of carbonyl (C=O) groups excluding carboxylic acids is 1. The molecule has 0 radical (unpaired) electrons. The van der Waals surface area contributed by atoms with Crippen molar-refractivity contribution in [2.24, 2.45) is 5.73 Å². The highest BCUT2D eigenvalue weighted by Gasteiger charge is 2.19. The van der Waals surface area contributed by atoms with Crippen molar-refractivity contribution in [3.63, 3.8) is 0 Å². The van der Waals surface area contributed by atoms with Crippen molar-refractivity contribution in [3.8, 4) is 0 Å². The maximum atomic E-state index is 13.0. The third-order valence-corrected chi connectivity index (χ3v) is 4.67. The van der Waals surface area contributed by atoms with Gasteiger partial charge in [-0.05, 0) is 31.2 Å². The first kappa shape index (κ1) is 17.5. The highest BCUT2D eigenvalue weighted by molar-refractivity contribution is 7.91. The van der Waals surface area contributed by atoms with Crippen LogP contribution in [0.4, 0.5) is 8.78 Å². The van der Waals surface area contributed by atoms with Crippen LogP contribution in [0.5, 0.6) is 0 Å². The standard InChI is InChI=1S/C13H18F2N2O3S/c1-17(7-2-6-16)13(18)5-8-21(19,20)10-3-4-11(14)12(15)9-10/h3-4,9H,2,5-8,16H2,1H3. The Hall–Kier alpha value is -1.54. The third-order valence-electron chi connectivity index (χ3n) is 2.96. The topological polar surface area (TPSA) is 80.5 Å². The van der Waals surface area contributed by atoms with E-state index in [9.17, 15) is 22.0 Å².